The number of hydrogen-bond acceptors (Lipinski definition) is 3. The number of rotatable bonds is 8. The SMILES string of the molecule is CCCn1c(=O)n(CCC(=O)NCCC2CCCNC2)c2ccccc21.Cl. The first-order valence-electron chi connectivity index (χ1n) is 9.86. The van der Waals surface area contributed by atoms with E-state index in [9.17, 15) is 9.59 Å². The largest absolute Gasteiger partial charge is 0.356 e. The first-order valence-corrected chi connectivity index (χ1v) is 9.86. The molecule has 1 unspecified atom stereocenters. The molecule has 2 heterocycles. The van der Waals surface area contributed by atoms with Crippen LogP contribution in [0.4, 0.5) is 0 Å². The van der Waals surface area contributed by atoms with Crippen LogP contribution in [0.2, 0.25) is 0 Å². The number of aryl methyl sites for hydroxylation is 2. The Hall–Kier alpha value is -1.79. The van der Waals surface area contributed by atoms with Gasteiger partial charge in [-0.25, -0.2) is 4.79 Å². The highest BCUT2D eigenvalue weighted by atomic mass is 35.5. The van der Waals surface area contributed by atoms with Gasteiger partial charge in [-0.05, 0) is 56.8 Å². The van der Waals surface area contributed by atoms with Gasteiger partial charge in [-0.2, -0.15) is 0 Å². The van der Waals surface area contributed by atoms with Gasteiger partial charge < -0.3 is 10.6 Å². The van der Waals surface area contributed by atoms with Gasteiger partial charge >= 0.3 is 5.69 Å². The standard InChI is InChI=1S/C20H30N4O2.ClH/c1-2-13-23-17-7-3-4-8-18(17)24(20(23)26)14-10-19(25)22-12-9-16-6-5-11-21-15-16;/h3-4,7-8,16,21H,2,5-6,9-15H2,1H3,(H,22,25);1H. The third kappa shape index (κ3) is 5.36. The van der Waals surface area contributed by atoms with Crippen molar-refractivity contribution >= 4 is 29.3 Å². The Balaban J connectivity index is 0.00000261. The van der Waals surface area contributed by atoms with Gasteiger partial charge in [0.15, 0.2) is 0 Å². The summed E-state index contributed by atoms with van der Waals surface area (Å²) in [7, 11) is 0. The Labute approximate surface area is 166 Å². The minimum absolute atomic E-state index is 0. The third-order valence-corrected chi connectivity index (χ3v) is 5.21. The van der Waals surface area contributed by atoms with Crippen LogP contribution in [0.3, 0.4) is 0 Å². The van der Waals surface area contributed by atoms with Crippen molar-refractivity contribution in [2.45, 2.75) is 52.1 Å². The van der Waals surface area contributed by atoms with E-state index in [-0.39, 0.29) is 24.0 Å². The number of benzene rings is 1. The minimum Gasteiger partial charge on any atom is -0.356 e. The molecule has 0 aliphatic carbocycles. The highest BCUT2D eigenvalue weighted by Crippen LogP contribution is 2.14. The lowest BCUT2D eigenvalue weighted by atomic mass is 9.96. The molecule has 1 saturated heterocycles. The van der Waals surface area contributed by atoms with Crippen molar-refractivity contribution in [3.05, 3.63) is 34.7 Å². The van der Waals surface area contributed by atoms with E-state index in [4.69, 9.17) is 0 Å². The Morgan fingerprint density at radius 1 is 1.22 bits per heavy atom. The molecule has 1 atom stereocenters. The van der Waals surface area contributed by atoms with Gasteiger partial charge in [0.2, 0.25) is 5.91 Å². The number of amides is 1. The van der Waals surface area contributed by atoms with E-state index >= 15 is 0 Å². The average molecular weight is 395 g/mol. The van der Waals surface area contributed by atoms with Gasteiger partial charge in [0, 0.05) is 26.1 Å². The Bertz CT molecular complexity index is 793. The van der Waals surface area contributed by atoms with Crippen LogP contribution >= 0.6 is 12.4 Å². The summed E-state index contributed by atoms with van der Waals surface area (Å²) in [4.78, 5) is 24.9. The van der Waals surface area contributed by atoms with E-state index in [2.05, 4.69) is 17.6 Å². The summed E-state index contributed by atoms with van der Waals surface area (Å²) in [6, 6.07) is 7.82. The number of fused-ring (bicyclic) bond motifs is 1. The van der Waals surface area contributed by atoms with E-state index in [1.165, 1.54) is 12.8 Å². The van der Waals surface area contributed by atoms with E-state index < -0.39 is 0 Å². The number of imidazole rings is 1. The number of para-hydroxylation sites is 2. The first kappa shape index (κ1) is 21.5. The van der Waals surface area contributed by atoms with Crippen LogP contribution < -0.4 is 16.3 Å². The zero-order chi connectivity index (χ0) is 18.4. The molecule has 0 radical (unpaired) electrons. The maximum Gasteiger partial charge on any atom is 0.329 e. The van der Waals surface area contributed by atoms with E-state index in [1.54, 1.807) is 4.57 Å². The van der Waals surface area contributed by atoms with Gasteiger partial charge in [-0.3, -0.25) is 13.9 Å². The molecule has 1 aromatic heterocycles. The molecule has 0 spiro atoms. The van der Waals surface area contributed by atoms with Gasteiger partial charge in [0.1, 0.15) is 0 Å². The molecule has 0 saturated carbocycles. The van der Waals surface area contributed by atoms with Crippen molar-refractivity contribution in [3.8, 4) is 0 Å². The lowest BCUT2D eigenvalue weighted by Gasteiger charge is -2.22. The number of nitrogens with one attached hydrogen (secondary N) is 2. The molecule has 1 fully saturated rings. The topological polar surface area (TPSA) is 68.1 Å². The number of carbonyl (C=O) groups is 1. The zero-order valence-electron chi connectivity index (χ0n) is 16.1. The molecular formula is C20H31ClN4O2. The summed E-state index contributed by atoms with van der Waals surface area (Å²) >= 11 is 0. The number of piperidine rings is 1. The monoisotopic (exact) mass is 394 g/mol. The molecule has 150 valence electrons. The van der Waals surface area contributed by atoms with Crippen LogP contribution in [0.25, 0.3) is 11.0 Å². The highest BCUT2D eigenvalue weighted by Gasteiger charge is 2.15. The quantitative estimate of drug-likeness (QED) is 0.722. The van der Waals surface area contributed by atoms with E-state index in [1.807, 2.05) is 28.8 Å². The summed E-state index contributed by atoms with van der Waals surface area (Å²) in [6.45, 7) is 6.08. The molecule has 0 bridgehead atoms. The van der Waals surface area contributed by atoms with Crippen LogP contribution in [0.15, 0.2) is 29.1 Å². The van der Waals surface area contributed by atoms with Crippen LogP contribution in [0.1, 0.15) is 39.0 Å². The molecule has 1 aliphatic rings. The van der Waals surface area contributed by atoms with Gasteiger partial charge in [-0.15, -0.1) is 12.4 Å². The maximum absolute atomic E-state index is 12.7. The van der Waals surface area contributed by atoms with Gasteiger partial charge in [0.25, 0.3) is 0 Å². The van der Waals surface area contributed by atoms with Crippen molar-refractivity contribution in [2.24, 2.45) is 5.92 Å². The molecule has 27 heavy (non-hydrogen) atoms. The molecule has 2 N–H and O–H groups in total. The van der Waals surface area contributed by atoms with Crippen molar-refractivity contribution in [2.75, 3.05) is 19.6 Å². The predicted molar refractivity (Wildman–Crippen MR) is 112 cm³/mol. The molecule has 7 heteroatoms. The number of carbonyl (C=O) groups excluding carboxylic acids is 1. The summed E-state index contributed by atoms with van der Waals surface area (Å²) in [5, 5.41) is 6.41. The smallest absolute Gasteiger partial charge is 0.329 e. The number of halogens is 1. The Kier molecular flexibility index (Phi) is 8.38. The fourth-order valence-electron chi connectivity index (χ4n) is 3.82. The lowest BCUT2D eigenvalue weighted by Crippen LogP contribution is -2.33. The molecule has 2 aromatic rings. The lowest BCUT2D eigenvalue weighted by molar-refractivity contribution is -0.121. The van der Waals surface area contributed by atoms with Crippen LogP contribution in [-0.2, 0) is 17.9 Å². The predicted octanol–water partition coefficient (Wildman–Crippen LogP) is 2.53. The molecular weight excluding hydrogens is 364 g/mol. The molecule has 1 aliphatic heterocycles. The van der Waals surface area contributed by atoms with E-state index in [0.717, 1.165) is 43.5 Å². The van der Waals surface area contributed by atoms with Crippen LogP contribution in [0.5, 0.6) is 0 Å². The molecule has 3 rings (SSSR count). The van der Waals surface area contributed by atoms with Gasteiger partial charge in [-0.1, -0.05) is 19.1 Å². The minimum atomic E-state index is -0.0193. The fourth-order valence-corrected chi connectivity index (χ4v) is 3.82. The van der Waals surface area contributed by atoms with Crippen LogP contribution in [-0.4, -0.2) is 34.7 Å². The maximum atomic E-state index is 12.7. The Morgan fingerprint density at radius 2 is 1.93 bits per heavy atom. The summed E-state index contributed by atoms with van der Waals surface area (Å²) in [5.41, 5.74) is 1.84. The van der Waals surface area contributed by atoms with Crippen molar-refractivity contribution in [1.29, 1.82) is 0 Å². The molecule has 1 amide bonds. The van der Waals surface area contributed by atoms with Gasteiger partial charge in [0.05, 0.1) is 11.0 Å². The first-order chi connectivity index (χ1) is 12.7. The number of hydrogen-bond donors (Lipinski definition) is 2. The third-order valence-electron chi connectivity index (χ3n) is 5.21. The molecule has 6 nitrogen and oxygen atoms in total. The van der Waals surface area contributed by atoms with Crippen molar-refractivity contribution in [1.82, 2.24) is 19.8 Å². The fraction of sp³-hybridized carbons (Fsp3) is 0.600. The summed E-state index contributed by atoms with van der Waals surface area (Å²) in [6.07, 6.45) is 4.74. The van der Waals surface area contributed by atoms with Crippen molar-refractivity contribution in [3.63, 3.8) is 0 Å². The summed E-state index contributed by atoms with van der Waals surface area (Å²) < 4.78 is 3.54. The second kappa shape index (κ2) is 10.5. The second-order valence-electron chi connectivity index (χ2n) is 7.18. The zero-order valence-corrected chi connectivity index (χ0v) is 16.9. The number of nitrogens with zero attached hydrogens (tertiary/aromatic N) is 2. The summed E-state index contributed by atoms with van der Waals surface area (Å²) in [5.74, 6) is 0.687. The molecule has 1 aromatic carbocycles. The average Bonchev–Trinajstić information content (AvgIpc) is 2.93. The normalized spacial score (nSPS) is 16.9. The van der Waals surface area contributed by atoms with Crippen LogP contribution in [0, 0.1) is 5.92 Å². The second-order valence-corrected chi connectivity index (χ2v) is 7.18. The van der Waals surface area contributed by atoms with E-state index in [0.29, 0.717) is 25.4 Å². The number of aromatic nitrogens is 2. The Morgan fingerprint density at radius 3 is 2.56 bits per heavy atom. The highest BCUT2D eigenvalue weighted by molar-refractivity contribution is 5.85. The van der Waals surface area contributed by atoms with Crippen molar-refractivity contribution < 1.29 is 4.79 Å².